The fraction of sp³-hybridized carbons (Fsp3) is 0.286. The monoisotopic (exact) mass is 375 g/mol. The second kappa shape index (κ2) is 7.72. The molecule has 0 saturated carbocycles. The van der Waals surface area contributed by atoms with E-state index >= 15 is 0 Å². The first kappa shape index (κ1) is 18.0. The van der Waals surface area contributed by atoms with Crippen molar-refractivity contribution in [3.8, 4) is 0 Å². The third-order valence-electron chi connectivity index (χ3n) is 5.23. The first-order chi connectivity index (χ1) is 13.6. The number of pyridine rings is 1. The third-order valence-corrected chi connectivity index (χ3v) is 5.23. The fourth-order valence-electron chi connectivity index (χ4n) is 3.63. The lowest BCUT2D eigenvalue weighted by molar-refractivity contribution is 0.0521. The summed E-state index contributed by atoms with van der Waals surface area (Å²) in [6, 6.07) is 11.0. The van der Waals surface area contributed by atoms with Crippen LogP contribution in [0.4, 0.5) is 0 Å². The van der Waals surface area contributed by atoms with E-state index in [4.69, 9.17) is 0 Å². The lowest BCUT2D eigenvalue weighted by Gasteiger charge is -2.37. The predicted molar refractivity (Wildman–Crippen MR) is 105 cm³/mol. The molecule has 0 N–H and O–H groups in total. The van der Waals surface area contributed by atoms with Crippen molar-refractivity contribution in [2.24, 2.45) is 0 Å². The van der Waals surface area contributed by atoms with Gasteiger partial charge in [-0.1, -0.05) is 6.07 Å². The number of piperidine rings is 1. The number of likely N-dealkylation sites (N-methyl/N-ethyl adjacent to an activating group) is 1. The molecule has 1 aliphatic rings. The number of aromatic nitrogens is 3. The molecule has 4 rings (SSSR count). The molecule has 2 aromatic heterocycles. The number of hydrogen-bond acceptors (Lipinski definition) is 5. The van der Waals surface area contributed by atoms with Crippen LogP contribution in [0.15, 0.2) is 55.0 Å². The third kappa shape index (κ3) is 3.55. The normalized spacial score (nSPS) is 16.8. The zero-order chi connectivity index (χ0) is 19.5. The molecule has 1 aromatic carbocycles. The Morgan fingerprint density at radius 1 is 1.11 bits per heavy atom. The lowest BCUT2D eigenvalue weighted by atomic mass is 10.0. The van der Waals surface area contributed by atoms with Gasteiger partial charge in [-0.15, -0.1) is 0 Å². The van der Waals surface area contributed by atoms with Crippen molar-refractivity contribution in [2.75, 3.05) is 20.1 Å². The van der Waals surface area contributed by atoms with Crippen molar-refractivity contribution in [3.05, 3.63) is 66.1 Å². The highest BCUT2D eigenvalue weighted by Gasteiger charge is 2.29. The topological polar surface area (TPSA) is 79.3 Å². The molecule has 1 fully saturated rings. The molecule has 3 aromatic rings. The van der Waals surface area contributed by atoms with Gasteiger partial charge in [0.2, 0.25) is 0 Å². The molecule has 3 heterocycles. The van der Waals surface area contributed by atoms with Gasteiger partial charge in [0.1, 0.15) is 0 Å². The van der Waals surface area contributed by atoms with Crippen molar-refractivity contribution < 1.29 is 9.59 Å². The SMILES string of the molecule is CN(C(=O)c1ccnnc1)C1CCCN(C(=O)c2ccc3ncccc3c2)C1. The number of hydrogen-bond donors (Lipinski definition) is 0. The van der Waals surface area contributed by atoms with Gasteiger partial charge >= 0.3 is 0 Å². The van der Waals surface area contributed by atoms with Gasteiger partial charge in [0, 0.05) is 43.3 Å². The maximum absolute atomic E-state index is 13.0. The minimum absolute atomic E-state index is 0.0121. The Balaban J connectivity index is 1.49. The molecule has 1 unspecified atom stereocenters. The number of benzene rings is 1. The summed E-state index contributed by atoms with van der Waals surface area (Å²) in [6.45, 7) is 1.21. The molecule has 0 aliphatic carbocycles. The van der Waals surface area contributed by atoms with Crippen LogP contribution < -0.4 is 0 Å². The highest BCUT2D eigenvalue weighted by atomic mass is 16.2. The van der Waals surface area contributed by atoms with Crippen molar-refractivity contribution in [1.82, 2.24) is 25.0 Å². The summed E-state index contributed by atoms with van der Waals surface area (Å²) >= 11 is 0. The van der Waals surface area contributed by atoms with E-state index in [0.29, 0.717) is 24.2 Å². The standard InChI is InChI=1S/C21H21N5O2/c1-25(20(27)17-8-10-23-24-13-17)18-5-3-11-26(14-18)21(28)16-6-7-19-15(12-16)4-2-9-22-19/h2,4,6-10,12-13,18H,3,5,11,14H2,1H3. The Bertz CT molecular complexity index is 1010. The zero-order valence-electron chi connectivity index (χ0n) is 15.7. The van der Waals surface area contributed by atoms with Crippen molar-refractivity contribution in [1.29, 1.82) is 0 Å². The van der Waals surface area contributed by atoms with Gasteiger partial charge in [0.05, 0.1) is 23.5 Å². The smallest absolute Gasteiger partial charge is 0.255 e. The molecule has 0 radical (unpaired) electrons. The van der Waals surface area contributed by atoms with Gasteiger partial charge in [-0.2, -0.15) is 10.2 Å². The van der Waals surface area contributed by atoms with Gasteiger partial charge in [-0.05, 0) is 43.2 Å². The van der Waals surface area contributed by atoms with Crippen LogP contribution in [0.25, 0.3) is 10.9 Å². The first-order valence-electron chi connectivity index (χ1n) is 9.31. The fourth-order valence-corrected chi connectivity index (χ4v) is 3.63. The molecule has 7 heteroatoms. The lowest BCUT2D eigenvalue weighted by Crippen LogP contribution is -2.50. The Hall–Kier alpha value is -3.35. The minimum Gasteiger partial charge on any atom is -0.337 e. The predicted octanol–water partition coefficient (Wildman–Crippen LogP) is 2.40. The molecular weight excluding hydrogens is 354 g/mol. The highest BCUT2D eigenvalue weighted by Crippen LogP contribution is 2.20. The molecule has 0 bridgehead atoms. The zero-order valence-corrected chi connectivity index (χ0v) is 15.7. The molecule has 0 spiro atoms. The number of likely N-dealkylation sites (tertiary alicyclic amines) is 1. The van der Waals surface area contributed by atoms with Crippen LogP contribution in [0.2, 0.25) is 0 Å². The van der Waals surface area contributed by atoms with Gasteiger partial charge in [0.15, 0.2) is 0 Å². The van der Waals surface area contributed by atoms with E-state index in [-0.39, 0.29) is 17.9 Å². The summed E-state index contributed by atoms with van der Waals surface area (Å²) in [5.74, 6) is -0.118. The quantitative estimate of drug-likeness (QED) is 0.702. The Morgan fingerprint density at radius 2 is 2.00 bits per heavy atom. The number of nitrogens with zero attached hydrogens (tertiary/aromatic N) is 5. The van der Waals surface area contributed by atoms with Gasteiger partial charge in [0.25, 0.3) is 11.8 Å². The number of amides is 2. The summed E-state index contributed by atoms with van der Waals surface area (Å²) in [5, 5.41) is 8.43. The van der Waals surface area contributed by atoms with E-state index < -0.39 is 0 Å². The second-order valence-electron chi connectivity index (χ2n) is 7.01. The maximum Gasteiger partial charge on any atom is 0.255 e. The number of rotatable bonds is 3. The highest BCUT2D eigenvalue weighted by molar-refractivity contribution is 5.98. The van der Waals surface area contributed by atoms with Crippen LogP contribution in [-0.4, -0.2) is 63.0 Å². The molecular formula is C21H21N5O2. The molecule has 2 amide bonds. The van der Waals surface area contributed by atoms with Crippen molar-refractivity contribution >= 4 is 22.7 Å². The number of fused-ring (bicyclic) bond motifs is 1. The van der Waals surface area contributed by atoms with Crippen LogP contribution >= 0.6 is 0 Å². The van der Waals surface area contributed by atoms with Crippen molar-refractivity contribution in [3.63, 3.8) is 0 Å². The molecule has 1 atom stereocenters. The Labute approximate surface area is 163 Å². The molecule has 7 nitrogen and oxygen atoms in total. The van der Waals surface area contributed by atoms with E-state index in [1.807, 2.05) is 35.2 Å². The molecule has 1 saturated heterocycles. The van der Waals surface area contributed by atoms with E-state index in [1.165, 1.54) is 12.4 Å². The Morgan fingerprint density at radius 3 is 2.82 bits per heavy atom. The van der Waals surface area contributed by atoms with E-state index in [9.17, 15) is 9.59 Å². The van der Waals surface area contributed by atoms with Crippen LogP contribution in [0.1, 0.15) is 33.6 Å². The summed E-state index contributed by atoms with van der Waals surface area (Å²) in [5.41, 5.74) is 2.02. The van der Waals surface area contributed by atoms with Crippen molar-refractivity contribution in [2.45, 2.75) is 18.9 Å². The van der Waals surface area contributed by atoms with E-state index in [1.54, 1.807) is 24.2 Å². The van der Waals surface area contributed by atoms with Crippen LogP contribution in [0.5, 0.6) is 0 Å². The number of carbonyl (C=O) groups is 2. The summed E-state index contributed by atoms with van der Waals surface area (Å²) < 4.78 is 0. The number of carbonyl (C=O) groups excluding carboxylic acids is 2. The van der Waals surface area contributed by atoms with Gasteiger partial charge in [-0.3, -0.25) is 14.6 Å². The summed E-state index contributed by atoms with van der Waals surface area (Å²) in [4.78, 5) is 33.6. The van der Waals surface area contributed by atoms with Crippen LogP contribution in [0, 0.1) is 0 Å². The second-order valence-corrected chi connectivity index (χ2v) is 7.01. The molecule has 142 valence electrons. The minimum atomic E-state index is -0.106. The first-order valence-corrected chi connectivity index (χ1v) is 9.31. The molecule has 28 heavy (non-hydrogen) atoms. The largest absolute Gasteiger partial charge is 0.337 e. The van der Waals surface area contributed by atoms with E-state index in [0.717, 1.165) is 23.7 Å². The summed E-state index contributed by atoms with van der Waals surface area (Å²) in [7, 11) is 1.78. The summed E-state index contributed by atoms with van der Waals surface area (Å²) in [6.07, 6.45) is 6.44. The molecule has 1 aliphatic heterocycles. The van der Waals surface area contributed by atoms with Gasteiger partial charge in [-0.25, -0.2) is 0 Å². The maximum atomic E-state index is 13.0. The van der Waals surface area contributed by atoms with E-state index in [2.05, 4.69) is 15.2 Å². The average Bonchev–Trinajstić information content (AvgIpc) is 2.78. The average molecular weight is 375 g/mol. The van der Waals surface area contributed by atoms with Crippen LogP contribution in [0.3, 0.4) is 0 Å². The van der Waals surface area contributed by atoms with Gasteiger partial charge < -0.3 is 9.80 Å². The van der Waals surface area contributed by atoms with Crippen LogP contribution in [-0.2, 0) is 0 Å². The Kier molecular flexibility index (Phi) is 4.97.